The molecule has 2 rings (SSSR count). The third-order valence-corrected chi connectivity index (χ3v) is 4.75. The minimum atomic E-state index is -1.11. The number of hydrogen-bond donors (Lipinski definition) is 2. The molecule has 29 heavy (non-hydrogen) atoms. The van der Waals surface area contributed by atoms with E-state index >= 15 is 0 Å². The predicted molar refractivity (Wildman–Crippen MR) is 114 cm³/mol. The highest BCUT2D eigenvalue weighted by molar-refractivity contribution is 7.80. The Morgan fingerprint density at radius 3 is 2.38 bits per heavy atom. The molecule has 1 aromatic carbocycles. The van der Waals surface area contributed by atoms with E-state index in [4.69, 9.17) is 32.7 Å². The number of aromatic nitrogens is 1. The van der Waals surface area contributed by atoms with E-state index in [1.807, 2.05) is 0 Å². The average molecular weight is 459 g/mol. The topological polar surface area (TPSA) is 89.0 Å². The van der Waals surface area contributed by atoms with Crippen LogP contribution in [0.4, 0.5) is 0 Å². The van der Waals surface area contributed by atoms with Crippen molar-refractivity contribution in [1.82, 2.24) is 9.88 Å². The molecule has 0 aliphatic carbocycles. The molecule has 2 unspecified atom stereocenters. The summed E-state index contributed by atoms with van der Waals surface area (Å²) in [6, 6.07) is 6.99. The normalized spacial score (nSPS) is 12.7. The number of rotatable bonds is 9. The van der Waals surface area contributed by atoms with E-state index in [2.05, 4.69) is 17.6 Å². The molecule has 2 atom stereocenters. The fraction of sp³-hybridized carbons (Fsp3) is 0.316. The molecule has 1 heterocycles. The number of carboxylic acid groups (broad SMARTS) is 1. The SMILES string of the molecule is CCN(C(=O)C(C)Oc1ccc(Oc2ncc(Cl)cc2Cl)cc1)C(CS)C(=O)O. The first-order valence-corrected chi connectivity index (χ1v) is 10.0. The van der Waals surface area contributed by atoms with E-state index in [0.717, 1.165) is 0 Å². The zero-order valence-corrected chi connectivity index (χ0v) is 18.1. The average Bonchev–Trinajstić information content (AvgIpc) is 2.68. The highest BCUT2D eigenvalue weighted by atomic mass is 35.5. The molecule has 0 radical (unpaired) electrons. The van der Waals surface area contributed by atoms with Crippen LogP contribution < -0.4 is 9.47 Å². The highest BCUT2D eigenvalue weighted by Gasteiger charge is 2.31. The summed E-state index contributed by atoms with van der Waals surface area (Å²) in [5.41, 5.74) is 0. The molecular weight excluding hydrogens is 439 g/mol. The molecule has 1 N–H and O–H groups in total. The van der Waals surface area contributed by atoms with Crippen molar-refractivity contribution < 1.29 is 24.2 Å². The van der Waals surface area contributed by atoms with Crippen LogP contribution in [-0.2, 0) is 9.59 Å². The van der Waals surface area contributed by atoms with Crippen molar-refractivity contribution in [1.29, 1.82) is 0 Å². The molecule has 0 aliphatic heterocycles. The van der Waals surface area contributed by atoms with Gasteiger partial charge in [0.2, 0.25) is 5.88 Å². The van der Waals surface area contributed by atoms with Gasteiger partial charge in [-0.05, 0) is 44.2 Å². The van der Waals surface area contributed by atoms with E-state index in [9.17, 15) is 14.7 Å². The maximum Gasteiger partial charge on any atom is 0.327 e. The van der Waals surface area contributed by atoms with E-state index in [-0.39, 0.29) is 23.2 Å². The Morgan fingerprint density at radius 1 is 1.24 bits per heavy atom. The number of thiol groups is 1. The molecule has 0 fully saturated rings. The molecule has 2 aromatic rings. The van der Waals surface area contributed by atoms with E-state index in [0.29, 0.717) is 16.5 Å². The van der Waals surface area contributed by atoms with Gasteiger partial charge in [-0.3, -0.25) is 4.79 Å². The van der Waals surface area contributed by atoms with Crippen molar-refractivity contribution in [2.45, 2.75) is 26.0 Å². The quantitative estimate of drug-likeness (QED) is 0.547. The third-order valence-electron chi connectivity index (χ3n) is 3.93. The summed E-state index contributed by atoms with van der Waals surface area (Å²) in [6.45, 7) is 3.49. The Kier molecular flexibility index (Phi) is 8.43. The van der Waals surface area contributed by atoms with Crippen LogP contribution in [0.25, 0.3) is 0 Å². The van der Waals surface area contributed by atoms with Gasteiger partial charge in [0.05, 0.1) is 5.02 Å². The number of benzene rings is 1. The van der Waals surface area contributed by atoms with Crippen molar-refractivity contribution in [3.63, 3.8) is 0 Å². The molecule has 0 saturated heterocycles. The van der Waals surface area contributed by atoms with Crippen molar-refractivity contribution in [3.05, 3.63) is 46.6 Å². The molecule has 156 valence electrons. The van der Waals surface area contributed by atoms with E-state index in [1.165, 1.54) is 17.2 Å². The zero-order valence-electron chi connectivity index (χ0n) is 15.7. The number of pyridine rings is 1. The first-order valence-electron chi connectivity index (χ1n) is 8.66. The zero-order chi connectivity index (χ0) is 21.6. The predicted octanol–water partition coefficient (Wildman–Crippen LogP) is 4.18. The van der Waals surface area contributed by atoms with Gasteiger partial charge in [0.15, 0.2) is 6.10 Å². The number of carboxylic acids is 1. The number of nitrogens with zero attached hydrogens (tertiary/aromatic N) is 2. The van der Waals surface area contributed by atoms with Gasteiger partial charge >= 0.3 is 5.97 Å². The van der Waals surface area contributed by atoms with Crippen LogP contribution in [-0.4, -0.2) is 51.3 Å². The summed E-state index contributed by atoms with van der Waals surface area (Å²) in [6.07, 6.45) is 0.540. The summed E-state index contributed by atoms with van der Waals surface area (Å²) in [7, 11) is 0. The minimum Gasteiger partial charge on any atom is -0.481 e. The second-order valence-corrected chi connectivity index (χ2v) is 7.14. The second kappa shape index (κ2) is 10.6. The third kappa shape index (κ3) is 6.16. The monoisotopic (exact) mass is 458 g/mol. The number of carbonyl (C=O) groups excluding carboxylic acids is 1. The molecule has 7 nitrogen and oxygen atoms in total. The Labute approximate surface area is 183 Å². The van der Waals surface area contributed by atoms with Crippen molar-refractivity contribution in [3.8, 4) is 17.4 Å². The highest BCUT2D eigenvalue weighted by Crippen LogP contribution is 2.30. The van der Waals surface area contributed by atoms with Crippen molar-refractivity contribution >= 4 is 47.7 Å². The summed E-state index contributed by atoms with van der Waals surface area (Å²) in [4.78, 5) is 29.2. The van der Waals surface area contributed by atoms with E-state index in [1.54, 1.807) is 38.1 Å². The Bertz CT molecular complexity index is 866. The summed E-state index contributed by atoms with van der Waals surface area (Å²) in [5, 5.41) is 9.93. The number of ether oxygens (including phenoxy) is 2. The maximum atomic E-state index is 12.6. The number of hydrogen-bond acceptors (Lipinski definition) is 6. The summed E-state index contributed by atoms with van der Waals surface area (Å²) >= 11 is 15.9. The van der Waals surface area contributed by atoms with Crippen LogP contribution in [0.1, 0.15) is 13.8 Å². The van der Waals surface area contributed by atoms with Gasteiger partial charge in [0.25, 0.3) is 5.91 Å². The molecule has 0 aliphatic rings. The van der Waals surface area contributed by atoms with Gasteiger partial charge in [-0.25, -0.2) is 9.78 Å². The lowest BCUT2D eigenvalue weighted by Gasteiger charge is -2.29. The number of amides is 1. The van der Waals surface area contributed by atoms with Gasteiger partial charge in [0.1, 0.15) is 22.6 Å². The van der Waals surface area contributed by atoms with Crippen LogP contribution in [0.2, 0.25) is 10.0 Å². The largest absolute Gasteiger partial charge is 0.481 e. The van der Waals surface area contributed by atoms with Gasteiger partial charge in [-0.2, -0.15) is 12.6 Å². The van der Waals surface area contributed by atoms with Gasteiger partial charge in [-0.15, -0.1) is 0 Å². The second-order valence-electron chi connectivity index (χ2n) is 5.93. The van der Waals surface area contributed by atoms with Crippen molar-refractivity contribution in [2.24, 2.45) is 0 Å². The first-order chi connectivity index (χ1) is 13.8. The van der Waals surface area contributed by atoms with Crippen LogP contribution in [0.5, 0.6) is 17.4 Å². The van der Waals surface area contributed by atoms with Crippen LogP contribution >= 0.6 is 35.8 Å². The Hall–Kier alpha value is -2.16. The van der Waals surface area contributed by atoms with Gasteiger partial charge in [0, 0.05) is 18.5 Å². The lowest BCUT2D eigenvalue weighted by atomic mass is 10.2. The van der Waals surface area contributed by atoms with Gasteiger partial charge in [-0.1, -0.05) is 23.2 Å². The number of aliphatic carboxylic acids is 1. The fourth-order valence-corrected chi connectivity index (χ4v) is 3.27. The molecule has 0 spiro atoms. The van der Waals surface area contributed by atoms with Crippen LogP contribution in [0.3, 0.4) is 0 Å². The lowest BCUT2D eigenvalue weighted by molar-refractivity contribution is -0.151. The molecule has 10 heteroatoms. The Morgan fingerprint density at radius 2 is 1.86 bits per heavy atom. The van der Waals surface area contributed by atoms with Crippen LogP contribution in [0, 0.1) is 0 Å². The minimum absolute atomic E-state index is 0.00889. The number of likely N-dealkylation sites (N-methyl/N-ethyl adjacent to an activating group) is 1. The number of carbonyl (C=O) groups is 2. The maximum absolute atomic E-state index is 12.6. The fourth-order valence-electron chi connectivity index (χ4n) is 2.50. The summed E-state index contributed by atoms with van der Waals surface area (Å²) in [5.74, 6) is -0.454. The number of halogens is 2. The summed E-state index contributed by atoms with van der Waals surface area (Å²) < 4.78 is 11.2. The molecule has 0 bridgehead atoms. The smallest absolute Gasteiger partial charge is 0.327 e. The Balaban J connectivity index is 2.04. The van der Waals surface area contributed by atoms with Crippen LogP contribution in [0.15, 0.2) is 36.5 Å². The van der Waals surface area contributed by atoms with E-state index < -0.39 is 24.0 Å². The van der Waals surface area contributed by atoms with Gasteiger partial charge < -0.3 is 19.5 Å². The lowest BCUT2D eigenvalue weighted by Crippen LogP contribution is -2.50. The molecular formula is C19H20Cl2N2O5S. The first kappa shape index (κ1) is 23.1. The molecule has 1 amide bonds. The molecule has 0 saturated carbocycles. The molecule has 1 aromatic heterocycles. The standard InChI is InChI=1S/C19H20Cl2N2O5S/c1-3-23(16(10-29)19(25)26)18(24)11(2)27-13-4-6-14(7-5-13)28-17-15(21)8-12(20)9-22-17/h4-9,11,16,29H,3,10H2,1-2H3,(H,25,26). The van der Waals surface area contributed by atoms with Crippen molar-refractivity contribution in [2.75, 3.05) is 12.3 Å².